The van der Waals surface area contributed by atoms with E-state index in [0.717, 1.165) is 27.6 Å². The Kier molecular flexibility index (Phi) is 6.38. The number of nitrogens with one attached hydrogen (secondary N) is 1. The van der Waals surface area contributed by atoms with Crippen molar-refractivity contribution in [2.24, 2.45) is 4.99 Å². The first-order chi connectivity index (χ1) is 17.3. The average molecular weight is 515 g/mol. The molecule has 36 heavy (non-hydrogen) atoms. The van der Waals surface area contributed by atoms with Gasteiger partial charge >= 0.3 is 10.1 Å². The fourth-order valence-corrected chi connectivity index (χ4v) is 5.49. The highest BCUT2D eigenvalue weighted by molar-refractivity contribution is 8.18. The number of amides is 1. The van der Waals surface area contributed by atoms with Gasteiger partial charge < -0.3 is 9.50 Å². The Morgan fingerprint density at radius 1 is 0.861 bits per heavy atom. The Hall–Kier alpha value is -3.88. The fraction of sp³-hybridized carbons (Fsp3) is 0.0714. The molecule has 0 unspecified atom stereocenters. The number of rotatable bonds is 5. The molecule has 4 aromatic rings. The summed E-state index contributed by atoms with van der Waals surface area (Å²) in [4.78, 5) is 17.7. The van der Waals surface area contributed by atoms with Crippen molar-refractivity contribution in [3.63, 3.8) is 0 Å². The Labute approximate surface area is 213 Å². The van der Waals surface area contributed by atoms with Crippen LogP contribution in [0.2, 0.25) is 0 Å². The van der Waals surface area contributed by atoms with E-state index < -0.39 is 10.1 Å². The van der Waals surface area contributed by atoms with Crippen LogP contribution in [0.1, 0.15) is 16.7 Å². The predicted octanol–water partition coefficient (Wildman–Crippen LogP) is 6.12. The third kappa shape index (κ3) is 5.05. The zero-order chi connectivity index (χ0) is 25.3. The van der Waals surface area contributed by atoms with Crippen LogP contribution >= 0.6 is 11.8 Å². The van der Waals surface area contributed by atoms with Crippen molar-refractivity contribution >= 4 is 55.5 Å². The van der Waals surface area contributed by atoms with Gasteiger partial charge in [-0.05, 0) is 72.8 Å². The van der Waals surface area contributed by atoms with Crippen LogP contribution in [0.3, 0.4) is 0 Å². The molecule has 6 nitrogen and oxygen atoms in total. The lowest BCUT2D eigenvalue weighted by Gasteiger charge is -2.12. The first kappa shape index (κ1) is 23.8. The van der Waals surface area contributed by atoms with Crippen LogP contribution in [-0.4, -0.2) is 19.5 Å². The normalized spacial score (nSPS) is 16.0. The van der Waals surface area contributed by atoms with Crippen molar-refractivity contribution in [1.82, 2.24) is 5.32 Å². The second kappa shape index (κ2) is 9.64. The molecule has 0 aromatic heterocycles. The van der Waals surface area contributed by atoms with Gasteiger partial charge in [0.15, 0.2) is 10.9 Å². The summed E-state index contributed by atoms with van der Waals surface area (Å²) in [6.45, 7) is 3.87. The van der Waals surface area contributed by atoms with Crippen LogP contribution in [0.15, 0.2) is 99.7 Å². The zero-order valence-corrected chi connectivity index (χ0v) is 21.2. The first-order valence-corrected chi connectivity index (χ1v) is 13.4. The molecule has 1 saturated heterocycles. The summed E-state index contributed by atoms with van der Waals surface area (Å²) in [5.41, 5.74) is 3.28. The van der Waals surface area contributed by atoms with E-state index in [-0.39, 0.29) is 16.6 Å². The molecule has 8 heteroatoms. The first-order valence-electron chi connectivity index (χ1n) is 11.2. The summed E-state index contributed by atoms with van der Waals surface area (Å²) in [5, 5.41) is 4.88. The molecular formula is C28H22N2O4S2. The molecular weight excluding hydrogens is 492 g/mol. The van der Waals surface area contributed by atoms with Gasteiger partial charge in [-0.15, -0.1) is 0 Å². The second-order valence-electron chi connectivity index (χ2n) is 8.37. The van der Waals surface area contributed by atoms with Crippen LogP contribution in [-0.2, 0) is 14.9 Å². The van der Waals surface area contributed by atoms with Crippen molar-refractivity contribution in [3.8, 4) is 5.75 Å². The minimum Gasteiger partial charge on any atom is -0.378 e. The highest BCUT2D eigenvalue weighted by Crippen LogP contribution is 2.36. The van der Waals surface area contributed by atoms with Gasteiger partial charge in [-0.3, -0.25) is 4.79 Å². The number of thioether (sulfide) groups is 1. The number of benzene rings is 4. The van der Waals surface area contributed by atoms with E-state index in [4.69, 9.17) is 4.18 Å². The van der Waals surface area contributed by atoms with Crippen molar-refractivity contribution in [2.75, 3.05) is 0 Å². The zero-order valence-electron chi connectivity index (χ0n) is 19.6. The standard InChI is InChI=1S/C28H22N2O4S2/c1-18-7-12-21(13-8-18)29-28-30-27(31)26(35-28)17-24-23-6-4-3-5-20(23)11-16-25(24)34-36(32,33)22-14-9-19(2)10-15-22/h3-17H,1-2H3,(H,29,30,31)/b26-17-. The summed E-state index contributed by atoms with van der Waals surface area (Å²) in [7, 11) is -4.08. The summed E-state index contributed by atoms with van der Waals surface area (Å²) < 4.78 is 31.7. The van der Waals surface area contributed by atoms with E-state index in [9.17, 15) is 13.2 Å². The van der Waals surface area contributed by atoms with Gasteiger partial charge in [-0.2, -0.15) is 8.42 Å². The molecule has 0 bridgehead atoms. The topological polar surface area (TPSA) is 84.8 Å². The smallest absolute Gasteiger partial charge is 0.339 e. The van der Waals surface area contributed by atoms with Crippen LogP contribution in [0, 0.1) is 13.8 Å². The number of aryl methyl sites for hydroxylation is 2. The molecule has 4 aromatic carbocycles. The number of fused-ring (bicyclic) bond motifs is 1. The second-order valence-corrected chi connectivity index (χ2v) is 10.9. The number of aliphatic imine (C=N–C) groups is 1. The summed E-state index contributed by atoms with van der Waals surface area (Å²) >= 11 is 1.19. The SMILES string of the molecule is Cc1ccc(N=C2NC(=O)/C(=C/c3c(OS(=O)(=O)c4ccc(C)cc4)ccc4ccccc34)S2)cc1. The van der Waals surface area contributed by atoms with Gasteiger partial charge in [0.05, 0.1) is 10.6 Å². The maximum absolute atomic E-state index is 13.0. The molecule has 5 rings (SSSR count). The van der Waals surface area contributed by atoms with Gasteiger partial charge in [0.25, 0.3) is 5.91 Å². The molecule has 180 valence electrons. The third-order valence-corrected chi connectivity index (χ3v) is 7.79. The number of carbonyl (C=O) groups is 1. The van der Waals surface area contributed by atoms with Crippen LogP contribution in [0.25, 0.3) is 16.8 Å². The molecule has 1 N–H and O–H groups in total. The van der Waals surface area contributed by atoms with E-state index in [1.54, 1.807) is 30.3 Å². The Morgan fingerprint density at radius 2 is 1.53 bits per heavy atom. The average Bonchev–Trinajstić information content (AvgIpc) is 3.20. The minimum absolute atomic E-state index is 0.0559. The molecule has 0 spiro atoms. The molecule has 1 heterocycles. The minimum atomic E-state index is -4.08. The Balaban J connectivity index is 1.54. The molecule has 1 aliphatic rings. The number of hydrogen-bond acceptors (Lipinski definition) is 6. The van der Waals surface area contributed by atoms with Crippen LogP contribution in [0.4, 0.5) is 5.69 Å². The Morgan fingerprint density at radius 3 is 2.25 bits per heavy atom. The molecule has 0 atom stereocenters. The lowest BCUT2D eigenvalue weighted by Crippen LogP contribution is -2.19. The Bertz CT molecular complexity index is 1640. The summed E-state index contributed by atoms with van der Waals surface area (Å²) in [5.74, 6) is -0.176. The molecule has 1 fully saturated rings. The summed E-state index contributed by atoms with van der Waals surface area (Å²) in [6.07, 6.45) is 1.65. The highest BCUT2D eigenvalue weighted by Gasteiger charge is 2.26. The monoisotopic (exact) mass is 514 g/mol. The van der Waals surface area contributed by atoms with Gasteiger partial charge in [0.1, 0.15) is 4.90 Å². The number of hydrogen-bond donors (Lipinski definition) is 1. The number of nitrogens with zero attached hydrogens (tertiary/aromatic N) is 1. The van der Waals surface area contributed by atoms with Gasteiger partial charge in [0, 0.05) is 5.56 Å². The summed E-state index contributed by atoms with van der Waals surface area (Å²) in [6, 6.07) is 25.1. The van der Waals surface area contributed by atoms with E-state index >= 15 is 0 Å². The molecule has 1 aliphatic heterocycles. The largest absolute Gasteiger partial charge is 0.378 e. The van der Waals surface area contributed by atoms with Crippen molar-refractivity contribution in [2.45, 2.75) is 18.7 Å². The van der Waals surface area contributed by atoms with Gasteiger partial charge in [-0.25, -0.2) is 4.99 Å². The molecule has 0 saturated carbocycles. The number of carbonyl (C=O) groups excluding carboxylic acids is 1. The van der Waals surface area contributed by atoms with Gasteiger partial charge in [-0.1, -0.05) is 65.7 Å². The lowest BCUT2D eigenvalue weighted by atomic mass is 10.0. The highest BCUT2D eigenvalue weighted by atomic mass is 32.2. The third-order valence-electron chi connectivity index (χ3n) is 5.63. The van der Waals surface area contributed by atoms with Crippen molar-refractivity contribution < 1.29 is 17.4 Å². The molecule has 0 aliphatic carbocycles. The van der Waals surface area contributed by atoms with E-state index in [1.165, 1.54) is 23.9 Å². The molecule has 0 radical (unpaired) electrons. The predicted molar refractivity (Wildman–Crippen MR) is 145 cm³/mol. The van der Waals surface area contributed by atoms with E-state index in [1.807, 2.05) is 62.4 Å². The van der Waals surface area contributed by atoms with E-state index in [0.29, 0.717) is 15.6 Å². The quantitative estimate of drug-likeness (QED) is 0.256. The van der Waals surface area contributed by atoms with E-state index in [2.05, 4.69) is 10.3 Å². The van der Waals surface area contributed by atoms with Crippen molar-refractivity contribution in [3.05, 3.63) is 107 Å². The van der Waals surface area contributed by atoms with Crippen molar-refractivity contribution in [1.29, 1.82) is 0 Å². The maximum atomic E-state index is 13.0. The maximum Gasteiger partial charge on any atom is 0.339 e. The number of amidine groups is 1. The molecule has 1 amide bonds. The van der Waals surface area contributed by atoms with Gasteiger partial charge in [0.2, 0.25) is 0 Å². The lowest BCUT2D eigenvalue weighted by molar-refractivity contribution is -0.115. The fourth-order valence-electron chi connectivity index (χ4n) is 3.72. The van der Waals surface area contributed by atoms with Crippen LogP contribution in [0.5, 0.6) is 5.75 Å². The van der Waals surface area contributed by atoms with Crippen LogP contribution < -0.4 is 9.50 Å².